The number of carbonyl (C=O) groups excluding carboxylic acids is 2. The fourth-order valence-electron chi connectivity index (χ4n) is 3.36. The van der Waals surface area contributed by atoms with Crippen molar-refractivity contribution in [3.05, 3.63) is 59.8 Å². The van der Waals surface area contributed by atoms with Crippen LogP contribution in [0, 0.1) is 0 Å². The van der Waals surface area contributed by atoms with Crippen molar-refractivity contribution >= 4 is 34.4 Å². The molecule has 0 aliphatic carbocycles. The number of nitrogens with one attached hydrogen (secondary N) is 1. The van der Waals surface area contributed by atoms with Crippen LogP contribution in [0.5, 0.6) is 5.75 Å². The molecule has 26 heavy (non-hydrogen) atoms. The van der Waals surface area contributed by atoms with E-state index in [2.05, 4.69) is 4.98 Å². The summed E-state index contributed by atoms with van der Waals surface area (Å²) in [7, 11) is 0. The maximum atomic E-state index is 12.9. The third kappa shape index (κ3) is 2.33. The molecule has 1 aliphatic heterocycles. The number of anilines is 1. The number of hydrogen-bond donors (Lipinski definition) is 3. The van der Waals surface area contributed by atoms with E-state index in [4.69, 9.17) is 5.11 Å². The van der Waals surface area contributed by atoms with Crippen molar-refractivity contribution in [2.24, 2.45) is 0 Å². The summed E-state index contributed by atoms with van der Waals surface area (Å²) < 4.78 is 0. The lowest BCUT2D eigenvalue weighted by Crippen LogP contribution is -2.30. The lowest BCUT2D eigenvalue weighted by Gasteiger charge is -2.16. The zero-order valence-electron chi connectivity index (χ0n) is 13.5. The number of aromatic hydroxyl groups is 1. The van der Waals surface area contributed by atoms with E-state index in [1.54, 1.807) is 6.20 Å². The van der Waals surface area contributed by atoms with E-state index in [9.17, 15) is 19.5 Å². The monoisotopic (exact) mass is 350 g/mol. The van der Waals surface area contributed by atoms with Crippen LogP contribution in [0.2, 0.25) is 0 Å². The predicted octanol–water partition coefficient (Wildman–Crippen LogP) is 2.62. The van der Waals surface area contributed by atoms with Crippen molar-refractivity contribution in [1.29, 1.82) is 0 Å². The summed E-state index contributed by atoms with van der Waals surface area (Å²) >= 11 is 0. The number of nitrogens with zero attached hydrogens (tertiary/aromatic N) is 1. The molecule has 0 radical (unpaired) electrons. The van der Waals surface area contributed by atoms with Crippen LogP contribution in [0.4, 0.5) is 5.69 Å². The third-order valence-corrected chi connectivity index (χ3v) is 4.61. The van der Waals surface area contributed by atoms with Gasteiger partial charge in [0.15, 0.2) is 0 Å². The summed E-state index contributed by atoms with van der Waals surface area (Å²) in [6.07, 6.45) is 1.73. The molecule has 2 aromatic carbocycles. The van der Waals surface area contributed by atoms with Crippen molar-refractivity contribution in [2.75, 3.05) is 4.90 Å². The average molecular weight is 350 g/mol. The molecule has 0 saturated carbocycles. The smallest absolute Gasteiger partial charge is 0.339 e. The molecular formula is C19H14N2O5. The first-order valence-corrected chi connectivity index (χ1v) is 7.96. The molecule has 7 heteroatoms. The molecule has 0 spiro atoms. The molecule has 1 saturated heterocycles. The number of carboxylic acid groups (broad SMARTS) is 1. The number of para-hydroxylation sites is 1. The number of carbonyl (C=O) groups is 3. The highest BCUT2D eigenvalue weighted by atomic mass is 16.4. The molecule has 3 aromatic rings. The maximum Gasteiger partial charge on any atom is 0.339 e. The number of rotatable bonds is 3. The van der Waals surface area contributed by atoms with Gasteiger partial charge < -0.3 is 15.2 Å². The number of aromatic amines is 1. The van der Waals surface area contributed by atoms with E-state index in [1.165, 1.54) is 12.1 Å². The molecule has 1 aliphatic rings. The standard InChI is InChI=1S/C19H14N2O5/c22-16-6-5-10(7-13(16)19(25)26)21-17(23)8-12(18(21)24)14-9-20-15-4-2-1-3-11(14)15/h1-7,9,12,20,22H,8H2,(H,25,26). The Morgan fingerprint density at radius 3 is 2.69 bits per heavy atom. The Hall–Kier alpha value is -3.61. The fraction of sp³-hybridized carbons (Fsp3) is 0.105. The van der Waals surface area contributed by atoms with Gasteiger partial charge in [-0.2, -0.15) is 0 Å². The van der Waals surface area contributed by atoms with E-state index in [0.29, 0.717) is 0 Å². The molecule has 1 atom stereocenters. The van der Waals surface area contributed by atoms with Gasteiger partial charge in [-0.3, -0.25) is 9.59 Å². The minimum Gasteiger partial charge on any atom is -0.507 e. The Kier molecular flexibility index (Phi) is 3.50. The Morgan fingerprint density at radius 1 is 1.15 bits per heavy atom. The summed E-state index contributed by atoms with van der Waals surface area (Å²) in [6.45, 7) is 0. The molecule has 1 unspecified atom stereocenters. The highest BCUT2D eigenvalue weighted by Crippen LogP contribution is 2.37. The van der Waals surface area contributed by atoms with Crippen molar-refractivity contribution in [3.8, 4) is 5.75 Å². The molecule has 1 aromatic heterocycles. The Bertz CT molecular complexity index is 1070. The second kappa shape index (κ2) is 5.73. The summed E-state index contributed by atoms with van der Waals surface area (Å²) in [6, 6.07) is 11.2. The molecule has 2 amide bonds. The van der Waals surface area contributed by atoms with Crippen LogP contribution < -0.4 is 4.90 Å². The second-order valence-corrected chi connectivity index (χ2v) is 6.12. The topological polar surface area (TPSA) is 111 Å². The fourth-order valence-corrected chi connectivity index (χ4v) is 3.36. The molecule has 1 fully saturated rings. The maximum absolute atomic E-state index is 12.9. The van der Waals surface area contributed by atoms with Crippen molar-refractivity contribution < 1.29 is 24.6 Å². The lowest BCUT2D eigenvalue weighted by atomic mass is 9.97. The van der Waals surface area contributed by atoms with Crippen molar-refractivity contribution in [3.63, 3.8) is 0 Å². The highest BCUT2D eigenvalue weighted by molar-refractivity contribution is 6.23. The van der Waals surface area contributed by atoms with Gasteiger partial charge in [0.2, 0.25) is 11.8 Å². The van der Waals surface area contributed by atoms with Gasteiger partial charge in [-0.1, -0.05) is 18.2 Å². The summed E-state index contributed by atoms with van der Waals surface area (Å²) in [5.74, 6) is -3.22. The number of imide groups is 1. The van der Waals surface area contributed by atoms with Gasteiger partial charge in [0.1, 0.15) is 11.3 Å². The van der Waals surface area contributed by atoms with Crippen molar-refractivity contribution in [2.45, 2.75) is 12.3 Å². The van der Waals surface area contributed by atoms with E-state index >= 15 is 0 Å². The minimum atomic E-state index is -1.34. The molecule has 2 heterocycles. The number of hydrogen-bond acceptors (Lipinski definition) is 4. The Balaban J connectivity index is 1.74. The molecule has 7 nitrogen and oxygen atoms in total. The first kappa shape index (κ1) is 15.9. The van der Waals surface area contributed by atoms with Crippen LogP contribution in [0.1, 0.15) is 28.3 Å². The number of aromatic nitrogens is 1. The summed E-state index contributed by atoms with van der Waals surface area (Å²) in [5, 5.41) is 19.6. The Morgan fingerprint density at radius 2 is 1.92 bits per heavy atom. The van der Waals surface area contributed by atoms with Crippen LogP contribution in [-0.4, -0.2) is 33.0 Å². The van der Waals surface area contributed by atoms with Gasteiger partial charge in [0, 0.05) is 23.5 Å². The molecule has 4 rings (SSSR count). The van der Waals surface area contributed by atoms with Gasteiger partial charge in [-0.25, -0.2) is 9.69 Å². The normalized spacial score (nSPS) is 17.2. The van der Waals surface area contributed by atoms with Crippen LogP contribution in [-0.2, 0) is 9.59 Å². The Labute approximate surface area is 147 Å². The SMILES string of the molecule is O=C(O)c1cc(N2C(=O)CC(c3c[nH]c4ccccc34)C2=O)ccc1O. The molecule has 130 valence electrons. The zero-order valence-corrected chi connectivity index (χ0v) is 13.5. The van der Waals surface area contributed by atoms with Gasteiger partial charge in [0.05, 0.1) is 11.6 Å². The predicted molar refractivity (Wildman–Crippen MR) is 93.2 cm³/mol. The number of carboxylic acids is 1. The minimum absolute atomic E-state index is 0.00393. The zero-order chi connectivity index (χ0) is 18.4. The highest BCUT2D eigenvalue weighted by Gasteiger charge is 2.41. The van der Waals surface area contributed by atoms with E-state index < -0.39 is 29.5 Å². The van der Waals surface area contributed by atoms with E-state index in [-0.39, 0.29) is 17.7 Å². The number of benzene rings is 2. The van der Waals surface area contributed by atoms with E-state index in [0.717, 1.165) is 27.4 Å². The van der Waals surface area contributed by atoms with Crippen LogP contribution in [0.15, 0.2) is 48.7 Å². The number of H-pyrrole nitrogens is 1. The summed E-state index contributed by atoms with van der Waals surface area (Å²) in [5.41, 5.74) is 1.38. The van der Waals surface area contributed by atoms with Crippen LogP contribution >= 0.6 is 0 Å². The van der Waals surface area contributed by atoms with Gasteiger partial charge in [-0.15, -0.1) is 0 Å². The van der Waals surface area contributed by atoms with Gasteiger partial charge in [0.25, 0.3) is 0 Å². The number of aromatic carboxylic acids is 1. The van der Waals surface area contributed by atoms with Gasteiger partial charge in [-0.05, 0) is 29.8 Å². The average Bonchev–Trinajstić information content (AvgIpc) is 3.16. The largest absolute Gasteiger partial charge is 0.507 e. The summed E-state index contributed by atoms with van der Waals surface area (Å²) in [4.78, 5) is 40.7. The molecular weight excluding hydrogens is 336 g/mol. The van der Waals surface area contributed by atoms with E-state index in [1.807, 2.05) is 24.3 Å². The first-order valence-electron chi connectivity index (χ1n) is 7.96. The number of fused-ring (bicyclic) bond motifs is 1. The van der Waals surface area contributed by atoms with Gasteiger partial charge >= 0.3 is 5.97 Å². The van der Waals surface area contributed by atoms with Crippen LogP contribution in [0.3, 0.4) is 0 Å². The van der Waals surface area contributed by atoms with Crippen LogP contribution in [0.25, 0.3) is 10.9 Å². The quantitative estimate of drug-likeness (QED) is 0.629. The number of amides is 2. The van der Waals surface area contributed by atoms with Crippen molar-refractivity contribution in [1.82, 2.24) is 4.98 Å². The number of phenols is 1. The third-order valence-electron chi connectivity index (χ3n) is 4.61. The lowest BCUT2D eigenvalue weighted by molar-refractivity contribution is -0.121. The molecule has 0 bridgehead atoms. The second-order valence-electron chi connectivity index (χ2n) is 6.12. The molecule has 3 N–H and O–H groups in total. The first-order chi connectivity index (χ1) is 12.5.